The molecule has 0 aliphatic heterocycles. The smallest absolute Gasteiger partial charge is 0.0402 e. The maximum atomic E-state index is 4.10. The number of benzene rings is 2. The summed E-state index contributed by atoms with van der Waals surface area (Å²) in [6, 6.07) is 18.1. The van der Waals surface area contributed by atoms with Crippen molar-refractivity contribution < 1.29 is 0 Å². The van der Waals surface area contributed by atoms with Gasteiger partial charge in [0.1, 0.15) is 0 Å². The maximum absolute atomic E-state index is 4.10. The molecule has 0 bridgehead atoms. The second-order valence-electron chi connectivity index (χ2n) is 8.70. The van der Waals surface area contributed by atoms with Crippen LogP contribution in [0.25, 0.3) is 6.08 Å². The molecule has 0 N–H and O–H groups in total. The zero-order valence-corrected chi connectivity index (χ0v) is 25.0. The predicted molar refractivity (Wildman–Crippen MR) is 166 cm³/mol. The van der Waals surface area contributed by atoms with Gasteiger partial charge in [0, 0.05) is 24.2 Å². The van der Waals surface area contributed by atoms with Crippen LogP contribution in [-0.2, 0) is 0 Å². The molecule has 2 rings (SSSR count). The van der Waals surface area contributed by atoms with E-state index in [4.69, 9.17) is 0 Å². The molecule has 0 saturated heterocycles. The molecular weight excluding hydrogens is 436 g/mol. The maximum Gasteiger partial charge on any atom is 0.0402 e. The van der Waals surface area contributed by atoms with Crippen molar-refractivity contribution in [3.8, 4) is 0 Å². The minimum absolute atomic E-state index is 0.323. The Kier molecular flexibility index (Phi) is 21.0. The third-order valence-corrected chi connectivity index (χ3v) is 5.44. The van der Waals surface area contributed by atoms with Crippen LogP contribution in [0, 0.1) is 13.8 Å². The first kappa shape index (κ1) is 35.3. The van der Waals surface area contributed by atoms with E-state index in [9.17, 15) is 0 Å². The van der Waals surface area contributed by atoms with Crippen LogP contribution in [0.15, 0.2) is 92.3 Å². The molecule has 36 heavy (non-hydrogen) atoms. The second-order valence-corrected chi connectivity index (χ2v) is 8.70. The van der Waals surface area contributed by atoms with E-state index < -0.39 is 0 Å². The molecule has 200 valence electrons. The van der Waals surface area contributed by atoms with Crippen LogP contribution in [0.2, 0.25) is 0 Å². The highest BCUT2D eigenvalue weighted by molar-refractivity contribution is 5.54. The summed E-state index contributed by atoms with van der Waals surface area (Å²) < 4.78 is 0. The first-order valence-electron chi connectivity index (χ1n) is 13.3. The highest BCUT2D eigenvalue weighted by atomic mass is 15.2. The Balaban J connectivity index is 0. The number of allylic oxidation sites excluding steroid dienone is 2. The Morgan fingerprint density at radius 3 is 1.92 bits per heavy atom. The third kappa shape index (κ3) is 13.3. The molecule has 0 fully saturated rings. The largest absolute Gasteiger partial charge is 0.349 e. The topological polar surface area (TPSA) is 6.48 Å². The van der Waals surface area contributed by atoms with Crippen molar-refractivity contribution in [1.82, 2.24) is 9.80 Å². The average molecular weight is 491 g/mol. The fourth-order valence-corrected chi connectivity index (χ4v) is 3.73. The van der Waals surface area contributed by atoms with Gasteiger partial charge in [-0.3, -0.25) is 4.90 Å². The summed E-state index contributed by atoms with van der Waals surface area (Å²) in [5.74, 6) is 0. The van der Waals surface area contributed by atoms with Gasteiger partial charge in [-0.2, -0.15) is 0 Å². The molecule has 2 aromatic carbocycles. The lowest BCUT2D eigenvalue weighted by molar-refractivity contribution is 0.237. The van der Waals surface area contributed by atoms with E-state index in [2.05, 4.69) is 126 Å². The number of nitrogens with zero attached hydrogens (tertiary/aromatic N) is 2. The normalized spacial score (nSPS) is 11.1. The predicted octanol–water partition coefficient (Wildman–Crippen LogP) is 9.99. The van der Waals surface area contributed by atoms with Gasteiger partial charge in [0.05, 0.1) is 0 Å². The molecule has 0 aliphatic rings. The number of aryl methyl sites for hydroxylation is 2. The molecule has 0 aliphatic carbocycles. The van der Waals surface area contributed by atoms with Gasteiger partial charge in [-0.1, -0.05) is 93.6 Å². The van der Waals surface area contributed by atoms with E-state index in [1.807, 2.05) is 33.9 Å². The van der Waals surface area contributed by atoms with Gasteiger partial charge in [0.25, 0.3) is 0 Å². The number of hydrogen-bond acceptors (Lipinski definition) is 2. The van der Waals surface area contributed by atoms with Crippen LogP contribution in [0.4, 0.5) is 0 Å². The van der Waals surface area contributed by atoms with Crippen LogP contribution < -0.4 is 0 Å². The summed E-state index contributed by atoms with van der Waals surface area (Å²) in [5, 5.41) is 0. The Labute approximate surface area is 224 Å². The average Bonchev–Trinajstić information content (AvgIpc) is 2.85. The fourth-order valence-electron chi connectivity index (χ4n) is 3.73. The van der Waals surface area contributed by atoms with Crippen molar-refractivity contribution >= 4 is 6.08 Å². The number of rotatable bonds is 9. The van der Waals surface area contributed by atoms with Crippen molar-refractivity contribution in [2.75, 3.05) is 13.6 Å². The summed E-state index contributed by atoms with van der Waals surface area (Å²) in [6.07, 6.45) is 8.73. The van der Waals surface area contributed by atoms with Gasteiger partial charge in [0.15, 0.2) is 0 Å². The van der Waals surface area contributed by atoms with Gasteiger partial charge in [-0.25, -0.2) is 0 Å². The van der Waals surface area contributed by atoms with Gasteiger partial charge < -0.3 is 4.90 Å². The molecule has 2 aromatic rings. The molecular formula is C34H54N2. The molecule has 1 unspecified atom stereocenters. The fraction of sp³-hybridized carbons (Fsp3) is 0.412. The number of hydrogen-bond donors (Lipinski definition) is 0. The van der Waals surface area contributed by atoms with Crippen molar-refractivity contribution in [3.63, 3.8) is 0 Å². The van der Waals surface area contributed by atoms with Crippen LogP contribution in [-0.4, -0.2) is 29.4 Å². The molecule has 0 heterocycles. The molecule has 1 atom stereocenters. The van der Waals surface area contributed by atoms with E-state index in [1.165, 1.54) is 28.0 Å². The highest BCUT2D eigenvalue weighted by Gasteiger charge is 2.22. The van der Waals surface area contributed by atoms with Crippen molar-refractivity contribution in [2.24, 2.45) is 0 Å². The summed E-state index contributed by atoms with van der Waals surface area (Å²) in [7, 11) is 2.22. The van der Waals surface area contributed by atoms with Gasteiger partial charge in [0.2, 0.25) is 0 Å². The highest BCUT2D eigenvalue weighted by Crippen LogP contribution is 2.32. The van der Waals surface area contributed by atoms with Gasteiger partial charge >= 0.3 is 0 Å². The lowest BCUT2D eigenvalue weighted by Crippen LogP contribution is -2.30. The standard InChI is InChI=1S/C26H36N2.2C3H6.C2H6/c1-8-27(7)26(25-16-11-10-14-22(25)6)19-24(28(9-2)20(3)4)18-23-15-12-13-21(5)17-23;2*1-3-2;1-2/h9-18,20,26H,2,8,19H2,1,3-7H3;2*3H,1H2,2H3;1-2H3/b24-18-;;;. The summed E-state index contributed by atoms with van der Waals surface area (Å²) >= 11 is 0. The van der Waals surface area contributed by atoms with Crippen molar-refractivity contribution in [1.29, 1.82) is 0 Å². The zero-order valence-electron chi connectivity index (χ0n) is 25.0. The van der Waals surface area contributed by atoms with E-state index in [1.54, 1.807) is 12.2 Å². The molecule has 2 nitrogen and oxygen atoms in total. The Bertz CT molecular complexity index is 886. The molecule has 0 amide bonds. The van der Waals surface area contributed by atoms with Gasteiger partial charge in [-0.15, -0.1) is 13.2 Å². The zero-order chi connectivity index (χ0) is 28.1. The SMILES string of the molecule is C=CC.C=CC.C=CN(/C(=C\c1cccc(C)c1)CC(c1ccccc1C)N(C)CC)C(C)C.CC. The van der Waals surface area contributed by atoms with Gasteiger partial charge in [-0.05, 0) is 84.1 Å². The van der Waals surface area contributed by atoms with E-state index in [0.29, 0.717) is 12.1 Å². The second kappa shape index (κ2) is 21.4. The molecule has 0 spiro atoms. The molecule has 0 radical (unpaired) electrons. The van der Waals surface area contributed by atoms with Crippen LogP contribution in [0.5, 0.6) is 0 Å². The minimum Gasteiger partial charge on any atom is -0.349 e. The summed E-state index contributed by atoms with van der Waals surface area (Å²) in [6.45, 7) is 30.6. The Hall–Kier alpha value is -2.84. The van der Waals surface area contributed by atoms with Crippen LogP contribution in [0.1, 0.15) is 83.2 Å². The molecule has 0 aromatic heterocycles. The third-order valence-electron chi connectivity index (χ3n) is 5.44. The molecule has 2 heteroatoms. The Morgan fingerprint density at radius 2 is 1.47 bits per heavy atom. The lowest BCUT2D eigenvalue weighted by atomic mass is 9.94. The molecule has 0 saturated carbocycles. The summed E-state index contributed by atoms with van der Waals surface area (Å²) in [5.41, 5.74) is 6.56. The first-order chi connectivity index (χ1) is 17.2. The first-order valence-corrected chi connectivity index (χ1v) is 13.3. The van der Waals surface area contributed by atoms with Crippen molar-refractivity contribution in [2.45, 2.75) is 80.8 Å². The van der Waals surface area contributed by atoms with E-state index in [-0.39, 0.29) is 0 Å². The van der Waals surface area contributed by atoms with E-state index >= 15 is 0 Å². The quantitative estimate of drug-likeness (QED) is 0.323. The van der Waals surface area contributed by atoms with E-state index in [0.717, 1.165) is 13.0 Å². The summed E-state index contributed by atoms with van der Waals surface area (Å²) in [4.78, 5) is 4.74. The van der Waals surface area contributed by atoms with Crippen molar-refractivity contribution in [3.05, 3.63) is 115 Å². The Morgan fingerprint density at radius 1 is 0.917 bits per heavy atom. The van der Waals surface area contributed by atoms with Crippen LogP contribution >= 0.6 is 0 Å². The lowest BCUT2D eigenvalue weighted by Gasteiger charge is -2.34. The minimum atomic E-state index is 0.323. The monoisotopic (exact) mass is 490 g/mol. The van der Waals surface area contributed by atoms with Crippen LogP contribution in [0.3, 0.4) is 0 Å².